The summed E-state index contributed by atoms with van der Waals surface area (Å²) in [5.41, 5.74) is 20.3. The number of nitrogens with zero attached hydrogens (tertiary/aromatic N) is 2. The van der Waals surface area contributed by atoms with E-state index in [1.165, 1.54) is 99.2 Å². The molecule has 0 fully saturated rings. The Hall–Kier alpha value is -7.20. The zero-order valence-corrected chi connectivity index (χ0v) is 37.0. The van der Waals surface area contributed by atoms with Crippen LogP contribution in [0.4, 0.5) is 17.1 Å². The summed E-state index contributed by atoms with van der Waals surface area (Å²) in [6, 6.07) is 78.1. The lowest BCUT2D eigenvalue weighted by Crippen LogP contribution is -2.64. The summed E-state index contributed by atoms with van der Waals surface area (Å²) >= 11 is 0. The van der Waals surface area contributed by atoms with Gasteiger partial charge < -0.3 is 9.47 Å². The van der Waals surface area contributed by atoms with Crippen molar-refractivity contribution in [2.24, 2.45) is 0 Å². The molecule has 1 aromatic heterocycles. The summed E-state index contributed by atoms with van der Waals surface area (Å²) in [7, 11) is -2.31. The van der Waals surface area contributed by atoms with Gasteiger partial charge in [0, 0.05) is 33.2 Å². The van der Waals surface area contributed by atoms with Crippen LogP contribution in [0, 0.1) is 0 Å². The van der Waals surface area contributed by atoms with Crippen LogP contribution in [0.1, 0.15) is 47.2 Å². The Kier molecular flexibility index (Phi) is 7.47. The van der Waals surface area contributed by atoms with Crippen molar-refractivity contribution in [2.75, 3.05) is 4.90 Å². The minimum Gasteiger partial charge on any atom is -0.310 e. The first kappa shape index (κ1) is 36.5. The van der Waals surface area contributed by atoms with E-state index in [9.17, 15) is 0 Å². The Morgan fingerprint density at radius 3 is 1.86 bits per heavy atom. The van der Waals surface area contributed by atoms with Crippen molar-refractivity contribution >= 4 is 57.3 Å². The van der Waals surface area contributed by atoms with Gasteiger partial charge in [0.05, 0.1) is 22.1 Å². The van der Waals surface area contributed by atoms with Crippen molar-refractivity contribution in [3.63, 3.8) is 0 Å². The maximum atomic E-state index is 2.58. The van der Waals surface area contributed by atoms with E-state index >= 15 is 0 Å². The molecule has 13 rings (SSSR count). The second kappa shape index (κ2) is 12.9. The predicted molar refractivity (Wildman–Crippen MR) is 267 cm³/mol. The first-order valence-corrected chi connectivity index (χ1v) is 25.4. The average Bonchev–Trinajstić information content (AvgIpc) is 3.78. The summed E-state index contributed by atoms with van der Waals surface area (Å²) in [4.78, 5) is 2.42. The predicted octanol–water partition coefficient (Wildman–Crippen LogP) is 14.1. The van der Waals surface area contributed by atoms with Gasteiger partial charge in [0.15, 0.2) is 0 Å². The molecule has 10 aromatic rings. The molecule has 300 valence electrons. The lowest BCUT2D eigenvalue weighted by molar-refractivity contribution is 0.660. The van der Waals surface area contributed by atoms with Crippen LogP contribution >= 0.6 is 0 Å². The number of hydrogen-bond donors (Lipinski definition) is 0. The second-order valence-electron chi connectivity index (χ2n) is 18.8. The van der Waals surface area contributed by atoms with Crippen LogP contribution in [0.25, 0.3) is 49.7 Å². The Labute approximate surface area is 370 Å². The van der Waals surface area contributed by atoms with Crippen LogP contribution in [-0.4, -0.2) is 12.6 Å². The maximum Gasteiger partial charge on any atom is 0.113 e. The van der Waals surface area contributed by atoms with Gasteiger partial charge in [-0.15, -0.1) is 0 Å². The van der Waals surface area contributed by atoms with Crippen molar-refractivity contribution in [3.8, 4) is 27.9 Å². The lowest BCUT2D eigenvalue weighted by Gasteiger charge is -2.50. The number of fused-ring (bicyclic) bond motifs is 14. The summed E-state index contributed by atoms with van der Waals surface area (Å²) in [5.74, 6) is 0. The van der Waals surface area contributed by atoms with E-state index in [4.69, 9.17) is 0 Å². The third-order valence-corrected chi connectivity index (χ3v) is 18.6. The third-order valence-electron chi connectivity index (χ3n) is 15.0. The minimum atomic E-state index is -2.31. The molecule has 2 aliphatic heterocycles. The van der Waals surface area contributed by atoms with E-state index in [1.807, 2.05) is 0 Å². The van der Waals surface area contributed by atoms with Crippen LogP contribution in [-0.2, 0) is 10.8 Å². The molecule has 1 unspecified atom stereocenters. The molecule has 1 atom stereocenters. The molecular weight excluding hydrogens is 777 g/mol. The van der Waals surface area contributed by atoms with Crippen LogP contribution in [0.2, 0.25) is 13.1 Å². The second-order valence-corrected chi connectivity index (χ2v) is 23.1. The Morgan fingerprint density at radius 1 is 0.429 bits per heavy atom. The zero-order valence-electron chi connectivity index (χ0n) is 36.0. The first-order valence-electron chi connectivity index (χ1n) is 22.4. The summed E-state index contributed by atoms with van der Waals surface area (Å²) in [6.45, 7) is 9.88. The molecule has 0 amide bonds. The molecule has 3 heterocycles. The Bertz CT molecular complexity index is 3520. The quantitative estimate of drug-likeness (QED) is 0.161. The zero-order chi connectivity index (χ0) is 42.2. The van der Waals surface area contributed by atoms with Gasteiger partial charge in [0.1, 0.15) is 8.07 Å². The van der Waals surface area contributed by atoms with Crippen molar-refractivity contribution in [1.82, 2.24) is 4.57 Å². The largest absolute Gasteiger partial charge is 0.310 e. The van der Waals surface area contributed by atoms with Crippen molar-refractivity contribution in [1.29, 1.82) is 0 Å². The Morgan fingerprint density at radius 2 is 1.02 bits per heavy atom. The molecule has 2 nitrogen and oxygen atoms in total. The van der Waals surface area contributed by atoms with Gasteiger partial charge in [-0.3, -0.25) is 0 Å². The lowest BCUT2D eigenvalue weighted by atomic mass is 9.62. The van der Waals surface area contributed by atoms with E-state index in [0.29, 0.717) is 0 Å². The van der Waals surface area contributed by atoms with E-state index in [2.05, 4.69) is 243 Å². The van der Waals surface area contributed by atoms with E-state index in [1.54, 1.807) is 0 Å². The smallest absolute Gasteiger partial charge is 0.113 e. The monoisotopic (exact) mass is 822 g/mol. The fourth-order valence-electron chi connectivity index (χ4n) is 12.3. The summed E-state index contributed by atoms with van der Waals surface area (Å²) in [6.07, 6.45) is 0. The van der Waals surface area contributed by atoms with E-state index in [0.717, 1.165) is 11.4 Å². The highest BCUT2D eigenvalue weighted by Gasteiger charge is 2.53. The SMILES string of the molecule is CC1(C)c2ccccc2-c2ccc(N(c3ccccc3)c3ccc(-c4cccc5c4[Si](C)(C)c4ccccc4C54c5ccccc5-n5c6ccccc6c6cccc4c65)cc3)cc21. The molecule has 0 radical (unpaired) electrons. The maximum absolute atomic E-state index is 2.58. The minimum absolute atomic E-state index is 0.0891. The molecule has 1 aliphatic carbocycles. The molecule has 63 heavy (non-hydrogen) atoms. The van der Waals surface area contributed by atoms with Gasteiger partial charge in [-0.2, -0.15) is 0 Å². The highest BCUT2D eigenvalue weighted by atomic mass is 28.3. The molecular formula is C60H46N2Si. The van der Waals surface area contributed by atoms with Crippen LogP contribution in [0.15, 0.2) is 206 Å². The number of hydrogen-bond acceptors (Lipinski definition) is 1. The molecule has 1 spiro atoms. The topological polar surface area (TPSA) is 8.17 Å². The third kappa shape index (κ3) is 4.73. The normalized spacial score (nSPS) is 16.9. The summed E-state index contributed by atoms with van der Waals surface area (Å²) in [5, 5.41) is 5.64. The van der Waals surface area contributed by atoms with Gasteiger partial charge >= 0.3 is 0 Å². The number of benzene rings is 9. The highest BCUT2D eigenvalue weighted by Crippen LogP contribution is 2.56. The fraction of sp³-hybridized carbons (Fsp3) is 0.100. The van der Waals surface area contributed by atoms with Crippen LogP contribution < -0.4 is 15.3 Å². The average molecular weight is 823 g/mol. The molecule has 0 N–H and O–H groups in total. The van der Waals surface area contributed by atoms with Gasteiger partial charge in [0.25, 0.3) is 0 Å². The standard InChI is InChI=1S/C60H46N2Si/c1-59(2)48-24-10-8-20-44(48)45-37-36-42(38-53(45)59)61(40-18-6-5-7-19-40)41-34-32-39(33-35-41)43-22-16-28-52-58(43)63(3,4)56-31-15-12-26-50(56)60(52)49-25-11-14-30-55(49)62-54-29-13-9-21-46(54)47-23-17-27-51(60)57(47)62/h5-38H,1-4H3. The molecule has 0 saturated carbocycles. The summed E-state index contributed by atoms with van der Waals surface area (Å²) < 4.78 is 2.54. The number of anilines is 3. The van der Waals surface area contributed by atoms with Crippen LogP contribution in [0.5, 0.6) is 0 Å². The number of aromatic nitrogens is 1. The molecule has 0 bridgehead atoms. The van der Waals surface area contributed by atoms with Crippen molar-refractivity contribution in [2.45, 2.75) is 37.8 Å². The van der Waals surface area contributed by atoms with Crippen molar-refractivity contribution < 1.29 is 0 Å². The Balaban J connectivity index is 1.02. The van der Waals surface area contributed by atoms with E-state index in [-0.39, 0.29) is 5.41 Å². The highest BCUT2D eigenvalue weighted by molar-refractivity contribution is 7.02. The number of para-hydroxylation sites is 4. The first-order chi connectivity index (χ1) is 30.8. The van der Waals surface area contributed by atoms with Crippen LogP contribution in [0.3, 0.4) is 0 Å². The van der Waals surface area contributed by atoms with Gasteiger partial charge in [0.2, 0.25) is 0 Å². The van der Waals surface area contributed by atoms with Gasteiger partial charge in [-0.25, -0.2) is 0 Å². The van der Waals surface area contributed by atoms with Crippen molar-refractivity contribution in [3.05, 3.63) is 240 Å². The molecule has 3 heteroatoms. The fourth-order valence-corrected chi connectivity index (χ4v) is 15.9. The molecule has 3 aliphatic rings. The molecule has 9 aromatic carbocycles. The van der Waals surface area contributed by atoms with E-state index < -0.39 is 13.5 Å². The van der Waals surface area contributed by atoms with Gasteiger partial charge in [-0.1, -0.05) is 185 Å². The van der Waals surface area contributed by atoms with Gasteiger partial charge in [-0.05, 0) is 115 Å². The molecule has 0 saturated heterocycles. The number of rotatable bonds is 4.